The van der Waals surface area contributed by atoms with Crippen molar-refractivity contribution in [2.24, 2.45) is 5.73 Å². The number of carbonyl (C=O) groups is 3. The number of amides is 2. The zero-order chi connectivity index (χ0) is 15.1. The number of carboxylic acid groups (broad SMARTS) is 1. The maximum Gasteiger partial charge on any atom is 0.326 e. The van der Waals surface area contributed by atoms with Crippen molar-refractivity contribution in [1.29, 1.82) is 0 Å². The molecule has 0 radical (unpaired) electrons. The van der Waals surface area contributed by atoms with E-state index in [4.69, 9.17) is 22.4 Å². The summed E-state index contributed by atoms with van der Waals surface area (Å²) in [5.74, 6) is -2.16. The Hall–Kier alpha value is -2.08. The van der Waals surface area contributed by atoms with Gasteiger partial charge in [-0.15, -0.1) is 0 Å². The third-order valence-corrected chi connectivity index (χ3v) is 2.88. The summed E-state index contributed by atoms with van der Waals surface area (Å²) in [5, 5.41) is 11.9. The summed E-state index contributed by atoms with van der Waals surface area (Å²) in [4.78, 5) is 33.5. The van der Waals surface area contributed by atoms with Crippen molar-refractivity contribution >= 4 is 29.4 Å². The van der Waals surface area contributed by atoms with Gasteiger partial charge < -0.3 is 16.2 Å². The fraction of sp³-hybridized carbons (Fsp3) is 0.308. The van der Waals surface area contributed by atoms with Gasteiger partial charge >= 0.3 is 5.97 Å². The van der Waals surface area contributed by atoms with Crippen LogP contribution in [0.2, 0.25) is 5.02 Å². The third kappa shape index (κ3) is 5.27. The van der Waals surface area contributed by atoms with Crippen LogP contribution in [0.5, 0.6) is 0 Å². The van der Waals surface area contributed by atoms with Gasteiger partial charge in [0, 0.05) is 17.0 Å². The number of benzene rings is 1. The number of hydrogen-bond donors (Lipinski definition) is 3. The Bertz CT molecular complexity index is 502. The van der Waals surface area contributed by atoms with E-state index >= 15 is 0 Å². The second kappa shape index (κ2) is 7.49. The summed E-state index contributed by atoms with van der Waals surface area (Å²) in [7, 11) is 0. The fourth-order valence-electron chi connectivity index (χ4n) is 1.58. The predicted octanol–water partition coefficient (Wildman–Crippen LogP) is 1.18. The largest absolute Gasteiger partial charge is 0.480 e. The van der Waals surface area contributed by atoms with Gasteiger partial charge in [0.15, 0.2) is 0 Å². The number of hydrogen-bond acceptors (Lipinski definition) is 3. The second-order valence-electron chi connectivity index (χ2n) is 4.23. The Morgan fingerprint density at radius 1 is 1.25 bits per heavy atom. The minimum absolute atomic E-state index is 0.0839. The highest BCUT2D eigenvalue weighted by atomic mass is 35.5. The number of nitrogens with one attached hydrogen (secondary N) is 1. The lowest BCUT2D eigenvalue weighted by molar-refractivity contribution is -0.139. The summed E-state index contributed by atoms with van der Waals surface area (Å²) >= 11 is 5.70. The molecule has 1 unspecified atom stereocenters. The van der Waals surface area contributed by atoms with E-state index in [2.05, 4.69) is 5.32 Å². The molecule has 0 bridgehead atoms. The summed E-state index contributed by atoms with van der Waals surface area (Å²) in [5.41, 5.74) is 5.29. The molecular weight excluding hydrogens is 284 g/mol. The van der Waals surface area contributed by atoms with E-state index in [9.17, 15) is 14.4 Å². The molecule has 108 valence electrons. The Morgan fingerprint density at radius 2 is 1.85 bits per heavy atom. The molecule has 0 aliphatic heterocycles. The lowest BCUT2D eigenvalue weighted by Crippen LogP contribution is -2.40. The maximum absolute atomic E-state index is 11.9. The van der Waals surface area contributed by atoms with E-state index in [0.29, 0.717) is 17.0 Å². The van der Waals surface area contributed by atoms with Crippen molar-refractivity contribution in [1.82, 2.24) is 5.32 Å². The van der Waals surface area contributed by atoms with Crippen LogP contribution in [0.15, 0.2) is 24.3 Å². The van der Waals surface area contributed by atoms with E-state index in [-0.39, 0.29) is 12.8 Å². The average Bonchev–Trinajstić information content (AvgIpc) is 2.37. The van der Waals surface area contributed by atoms with Crippen molar-refractivity contribution in [2.75, 3.05) is 0 Å². The van der Waals surface area contributed by atoms with E-state index in [1.807, 2.05) is 0 Å². The number of nitrogens with two attached hydrogens (primary N) is 1. The van der Waals surface area contributed by atoms with Crippen molar-refractivity contribution in [3.05, 3.63) is 34.9 Å². The molecule has 20 heavy (non-hydrogen) atoms. The van der Waals surface area contributed by atoms with Gasteiger partial charge in [-0.05, 0) is 37.1 Å². The Balaban J connectivity index is 2.60. The van der Waals surface area contributed by atoms with Gasteiger partial charge in [0.25, 0.3) is 5.91 Å². The van der Waals surface area contributed by atoms with Gasteiger partial charge in [0.1, 0.15) is 6.04 Å². The van der Waals surface area contributed by atoms with Crippen LogP contribution in [0.1, 0.15) is 29.6 Å². The molecular formula is C13H15ClN2O4. The summed E-state index contributed by atoms with van der Waals surface area (Å²) in [6.45, 7) is 0. The lowest BCUT2D eigenvalue weighted by atomic mass is 10.1. The molecule has 0 aliphatic rings. The maximum atomic E-state index is 11.9. The van der Waals surface area contributed by atoms with E-state index < -0.39 is 23.8 Å². The molecule has 0 saturated carbocycles. The SMILES string of the molecule is NC(=O)CCCC(NC(=O)c1ccc(Cl)cc1)C(=O)O. The van der Waals surface area contributed by atoms with Gasteiger partial charge in [0.2, 0.25) is 5.91 Å². The number of halogens is 1. The molecule has 1 atom stereocenters. The van der Waals surface area contributed by atoms with Crippen molar-refractivity contribution < 1.29 is 19.5 Å². The molecule has 1 aromatic rings. The van der Waals surface area contributed by atoms with Crippen LogP contribution in [0.4, 0.5) is 0 Å². The molecule has 1 rings (SSSR count). The molecule has 1 aromatic carbocycles. The quantitative estimate of drug-likeness (QED) is 0.702. The van der Waals surface area contributed by atoms with Gasteiger partial charge in [-0.25, -0.2) is 4.79 Å². The van der Waals surface area contributed by atoms with Crippen LogP contribution < -0.4 is 11.1 Å². The van der Waals surface area contributed by atoms with Crippen LogP contribution in [-0.2, 0) is 9.59 Å². The molecule has 2 amide bonds. The molecule has 0 heterocycles. The van der Waals surface area contributed by atoms with Gasteiger partial charge in [0.05, 0.1) is 0 Å². The summed E-state index contributed by atoms with van der Waals surface area (Å²) in [6.07, 6.45) is 0.519. The molecule has 6 nitrogen and oxygen atoms in total. The third-order valence-electron chi connectivity index (χ3n) is 2.63. The molecule has 4 N–H and O–H groups in total. The van der Waals surface area contributed by atoms with Gasteiger partial charge in [-0.3, -0.25) is 9.59 Å². The molecule has 0 aliphatic carbocycles. The summed E-state index contributed by atoms with van der Waals surface area (Å²) < 4.78 is 0. The smallest absolute Gasteiger partial charge is 0.326 e. The first-order valence-corrected chi connectivity index (χ1v) is 6.35. The Morgan fingerprint density at radius 3 is 2.35 bits per heavy atom. The topological polar surface area (TPSA) is 109 Å². The zero-order valence-electron chi connectivity index (χ0n) is 10.6. The first-order valence-electron chi connectivity index (χ1n) is 5.97. The fourth-order valence-corrected chi connectivity index (χ4v) is 1.71. The Kier molecular flexibility index (Phi) is 5.99. The molecule has 0 spiro atoms. The highest BCUT2D eigenvalue weighted by Crippen LogP contribution is 2.10. The standard InChI is InChI=1S/C13H15ClN2O4/c14-9-6-4-8(5-7-9)12(18)16-10(13(19)20)2-1-3-11(15)17/h4-7,10H,1-3H2,(H2,15,17)(H,16,18)(H,19,20). The molecule has 0 saturated heterocycles. The first-order chi connectivity index (χ1) is 9.40. The Labute approximate surface area is 120 Å². The van der Waals surface area contributed by atoms with Crippen LogP contribution in [0.3, 0.4) is 0 Å². The molecule has 0 aromatic heterocycles. The highest BCUT2D eigenvalue weighted by molar-refractivity contribution is 6.30. The predicted molar refractivity (Wildman–Crippen MR) is 73.4 cm³/mol. The van der Waals surface area contributed by atoms with Crippen molar-refractivity contribution in [2.45, 2.75) is 25.3 Å². The van der Waals surface area contributed by atoms with E-state index in [0.717, 1.165) is 0 Å². The number of primary amides is 1. The first kappa shape index (κ1) is 16.0. The number of rotatable bonds is 7. The van der Waals surface area contributed by atoms with E-state index in [1.54, 1.807) is 12.1 Å². The normalized spacial score (nSPS) is 11.7. The zero-order valence-corrected chi connectivity index (χ0v) is 11.4. The van der Waals surface area contributed by atoms with Crippen molar-refractivity contribution in [3.8, 4) is 0 Å². The van der Waals surface area contributed by atoms with E-state index in [1.165, 1.54) is 12.1 Å². The van der Waals surface area contributed by atoms with Crippen molar-refractivity contribution in [3.63, 3.8) is 0 Å². The van der Waals surface area contributed by atoms with Crippen LogP contribution in [-0.4, -0.2) is 28.9 Å². The molecule has 7 heteroatoms. The van der Waals surface area contributed by atoms with Crippen LogP contribution >= 0.6 is 11.6 Å². The number of aliphatic carboxylic acids is 1. The lowest BCUT2D eigenvalue weighted by Gasteiger charge is -2.14. The monoisotopic (exact) mass is 298 g/mol. The molecule has 0 fully saturated rings. The van der Waals surface area contributed by atoms with Gasteiger partial charge in [-0.2, -0.15) is 0 Å². The van der Waals surface area contributed by atoms with Crippen LogP contribution in [0.25, 0.3) is 0 Å². The summed E-state index contributed by atoms with van der Waals surface area (Å²) in [6, 6.07) is 5.02. The number of carboxylic acids is 1. The average molecular weight is 299 g/mol. The number of carbonyl (C=O) groups excluding carboxylic acids is 2. The minimum Gasteiger partial charge on any atom is -0.480 e. The van der Waals surface area contributed by atoms with Crippen LogP contribution in [0, 0.1) is 0 Å². The minimum atomic E-state index is -1.16. The second-order valence-corrected chi connectivity index (χ2v) is 4.67. The highest BCUT2D eigenvalue weighted by Gasteiger charge is 2.20. The van der Waals surface area contributed by atoms with Gasteiger partial charge in [-0.1, -0.05) is 11.6 Å².